The Labute approximate surface area is 133 Å². The number of para-hydroxylation sites is 1. The highest BCUT2D eigenvalue weighted by Gasteiger charge is 2.25. The summed E-state index contributed by atoms with van der Waals surface area (Å²) in [7, 11) is 0. The molecule has 1 aliphatic rings. The molecule has 0 radical (unpaired) electrons. The predicted octanol–water partition coefficient (Wildman–Crippen LogP) is 3.14. The van der Waals surface area contributed by atoms with Crippen LogP contribution in [-0.4, -0.2) is 36.8 Å². The van der Waals surface area contributed by atoms with Crippen LogP contribution in [0, 0.1) is 5.92 Å². The third-order valence-electron chi connectivity index (χ3n) is 4.62. The maximum Gasteiger partial charge on any atom is 0.306 e. The number of hydrogen-bond donors (Lipinski definition) is 2. The maximum absolute atomic E-state index is 10.9. The first-order chi connectivity index (χ1) is 10.7. The largest absolute Gasteiger partial charge is 0.481 e. The second-order valence-electron chi connectivity index (χ2n) is 6.11. The molecule has 1 saturated carbocycles. The molecule has 4 heteroatoms. The van der Waals surface area contributed by atoms with Crippen LogP contribution in [0.2, 0.25) is 0 Å². The normalized spacial score (nSPS) is 21.5. The number of benzene rings is 1. The van der Waals surface area contributed by atoms with Crippen LogP contribution in [0.15, 0.2) is 30.3 Å². The van der Waals surface area contributed by atoms with Crippen molar-refractivity contribution in [2.75, 3.05) is 24.5 Å². The Kier molecular flexibility index (Phi) is 6.72. The maximum atomic E-state index is 10.9. The molecular formula is C18H28N2O2. The fraction of sp³-hybridized carbons (Fsp3) is 0.611. The fourth-order valence-corrected chi connectivity index (χ4v) is 3.23. The van der Waals surface area contributed by atoms with Gasteiger partial charge in [-0.1, -0.05) is 18.2 Å². The highest BCUT2D eigenvalue weighted by molar-refractivity contribution is 5.70. The Morgan fingerprint density at radius 2 is 1.91 bits per heavy atom. The lowest BCUT2D eigenvalue weighted by Gasteiger charge is -2.28. The van der Waals surface area contributed by atoms with Crippen LogP contribution in [0.5, 0.6) is 0 Å². The van der Waals surface area contributed by atoms with E-state index in [1.54, 1.807) is 0 Å². The van der Waals surface area contributed by atoms with E-state index >= 15 is 0 Å². The smallest absolute Gasteiger partial charge is 0.306 e. The third kappa shape index (κ3) is 5.02. The zero-order chi connectivity index (χ0) is 15.8. The standard InChI is InChI=1S/C18H28N2O2/c1-2-20(17-7-4-3-5-8-17)14-6-13-19-16-11-9-15(10-12-16)18(21)22/h3-5,7-8,15-16,19H,2,6,9-14H2,1H3,(H,21,22). The van der Waals surface area contributed by atoms with E-state index in [2.05, 4.69) is 41.4 Å². The van der Waals surface area contributed by atoms with Crippen LogP contribution >= 0.6 is 0 Å². The molecule has 0 saturated heterocycles. The molecule has 1 aromatic rings. The molecule has 0 aliphatic heterocycles. The van der Waals surface area contributed by atoms with E-state index in [1.165, 1.54) is 5.69 Å². The quantitative estimate of drug-likeness (QED) is 0.725. The average molecular weight is 304 g/mol. The minimum atomic E-state index is -0.625. The van der Waals surface area contributed by atoms with Gasteiger partial charge >= 0.3 is 5.97 Å². The first-order valence-corrected chi connectivity index (χ1v) is 8.47. The van der Waals surface area contributed by atoms with Gasteiger partial charge in [0.15, 0.2) is 0 Å². The number of aliphatic carboxylic acids is 1. The molecule has 2 N–H and O–H groups in total. The van der Waals surface area contributed by atoms with Gasteiger partial charge in [-0.15, -0.1) is 0 Å². The molecule has 0 amide bonds. The minimum Gasteiger partial charge on any atom is -0.481 e. The van der Waals surface area contributed by atoms with Crippen LogP contribution in [0.3, 0.4) is 0 Å². The van der Waals surface area contributed by atoms with Gasteiger partial charge in [0.05, 0.1) is 5.92 Å². The molecule has 0 heterocycles. The SMILES string of the molecule is CCN(CCCNC1CCC(C(=O)O)CC1)c1ccccc1. The van der Waals surface area contributed by atoms with Crippen molar-refractivity contribution in [3.63, 3.8) is 0 Å². The molecule has 2 rings (SSSR count). The first-order valence-electron chi connectivity index (χ1n) is 8.47. The lowest BCUT2D eigenvalue weighted by atomic mass is 9.86. The molecule has 0 atom stereocenters. The van der Waals surface area contributed by atoms with Gasteiger partial charge < -0.3 is 15.3 Å². The van der Waals surface area contributed by atoms with Gasteiger partial charge in [-0.2, -0.15) is 0 Å². The minimum absolute atomic E-state index is 0.119. The summed E-state index contributed by atoms with van der Waals surface area (Å²) in [4.78, 5) is 13.3. The zero-order valence-electron chi connectivity index (χ0n) is 13.5. The van der Waals surface area contributed by atoms with E-state index in [0.717, 1.165) is 51.7 Å². The van der Waals surface area contributed by atoms with Gasteiger partial charge in [0, 0.05) is 24.8 Å². The van der Waals surface area contributed by atoms with E-state index in [9.17, 15) is 4.79 Å². The second kappa shape index (κ2) is 8.79. The number of carbonyl (C=O) groups is 1. The number of hydrogen-bond acceptors (Lipinski definition) is 3. The molecule has 0 unspecified atom stereocenters. The summed E-state index contributed by atoms with van der Waals surface area (Å²) in [5.41, 5.74) is 1.28. The molecule has 0 aromatic heterocycles. The van der Waals surface area contributed by atoms with Crippen LogP contribution in [0.25, 0.3) is 0 Å². The molecule has 0 bridgehead atoms. The topological polar surface area (TPSA) is 52.6 Å². The van der Waals surface area contributed by atoms with Crippen molar-refractivity contribution in [2.45, 2.75) is 45.1 Å². The third-order valence-corrected chi connectivity index (χ3v) is 4.62. The van der Waals surface area contributed by atoms with Crippen molar-refractivity contribution in [3.8, 4) is 0 Å². The van der Waals surface area contributed by atoms with Crippen molar-refractivity contribution in [1.29, 1.82) is 0 Å². The summed E-state index contributed by atoms with van der Waals surface area (Å²) < 4.78 is 0. The van der Waals surface area contributed by atoms with Crippen LogP contribution in [-0.2, 0) is 4.79 Å². The first kappa shape index (κ1) is 16.8. The number of rotatable bonds is 8. The molecule has 0 spiro atoms. The molecule has 122 valence electrons. The van der Waals surface area contributed by atoms with Gasteiger partial charge in [-0.25, -0.2) is 0 Å². The number of nitrogens with one attached hydrogen (secondary N) is 1. The number of carboxylic acid groups (broad SMARTS) is 1. The summed E-state index contributed by atoms with van der Waals surface area (Å²) in [5.74, 6) is -0.744. The highest BCUT2D eigenvalue weighted by Crippen LogP contribution is 2.24. The van der Waals surface area contributed by atoms with Gasteiger partial charge in [-0.3, -0.25) is 4.79 Å². The summed E-state index contributed by atoms with van der Waals surface area (Å²) >= 11 is 0. The van der Waals surface area contributed by atoms with Crippen molar-refractivity contribution in [2.24, 2.45) is 5.92 Å². The molecule has 22 heavy (non-hydrogen) atoms. The van der Waals surface area contributed by atoms with Gasteiger partial charge in [0.25, 0.3) is 0 Å². The molecule has 1 aromatic carbocycles. The van der Waals surface area contributed by atoms with Crippen LogP contribution in [0.1, 0.15) is 39.0 Å². The lowest BCUT2D eigenvalue weighted by molar-refractivity contribution is -0.142. The Balaban J connectivity index is 1.64. The number of carboxylic acids is 1. The van der Waals surface area contributed by atoms with Crippen molar-refractivity contribution in [1.82, 2.24) is 5.32 Å². The van der Waals surface area contributed by atoms with Crippen molar-refractivity contribution < 1.29 is 9.90 Å². The van der Waals surface area contributed by atoms with E-state index in [4.69, 9.17) is 5.11 Å². The van der Waals surface area contributed by atoms with E-state index in [-0.39, 0.29) is 5.92 Å². The lowest BCUT2D eigenvalue weighted by Crippen LogP contribution is -2.36. The Hall–Kier alpha value is -1.55. The van der Waals surface area contributed by atoms with Gasteiger partial charge in [-0.05, 0) is 57.7 Å². The summed E-state index contributed by atoms with van der Waals surface area (Å²) in [6.45, 7) is 5.27. The monoisotopic (exact) mass is 304 g/mol. The van der Waals surface area contributed by atoms with Gasteiger partial charge in [0.2, 0.25) is 0 Å². The summed E-state index contributed by atoms with van der Waals surface area (Å²) in [6, 6.07) is 11.0. The van der Waals surface area contributed by atoms with Gasteiger partial charge in [0.1, 0.15) is 0 Å². The zero-order valence-corrected chi connectivity index (χ0v) is 13.5. The summed E-state index contributed by atoms with van der Waals surface area (Å²) in [5, 5.41) is 12.6. The molecule has 1 aliphatic carbocycles. The van der Waals surface area contributed by atoms with Crippen molar-refractivity contribution >= 4 is 11.7 Å². The average Bonchev–Trinajstić information content (AvgIpc) is 2.56. The highest BCUT2D eigenvalue weighted by atomic mass is 16.4. The van der Waals surface area contributed by atoms with Crippen molar-refractivity contribution in [3.05, 3.63) is 30.3 Å². The van der Waals surface area contributed by atoms with E-state index in [0.29, 0.717) is 6.04 Å². The Bertz CT molecular complexity index is 442. The number of anilines is 1. The van der Waals surface area contributed by atoms with E-state index < -0.39 is 5.97 Å². The fourth-order valence-electron chi connectivity index (χ4n) is 3.23. The number of nitrogens with zero attached hydrogens (tertiary/aromatic N) is 1. The summed E-state index contributed by atoms with van der Waals surface area (Å²) in [6.07, 6.45) is 4.73. The van der Waals surface area contributed by atoms with E-state index in [1.807, 2.05) is 6.07 Å². The Morgan fingerprint density at radius 1 is 1.23 bits per heavy atom. The second-order valence-corrected chi connectivity index (χ2v) is 6.11. The molecule has 1 fully saturated rings. The molecular weight excluding hydrogens is 276 g/mol. The van der Waals surface area contributed by atoms with Crippen LogP contribution < -0.4 is 10.2 Å². The predicted molar refractivity (Wildman–Crippen MR) is 90.3 cm³/mol. The molecule has 4 nitrogen and oxygen atoms in total. The Morgan fingerprint density at radius 3 is 2.50 bits per heavy atom. The van der Waals surface area contributed by atoms with Crippen LogP contribution in [0.4, 0.5) is 5.69 Å².